The van der Waals surface area contributed by atoms with E-state index >= 15 is 0 Å². The second-order valence-electron chi connectivity index (χ2n) is 5.65. The Bertz CT molecular complexity index is 1030. The summed E-state index contributed by atoms with van der Waals surface area (Å²) in [7, 11) is -3.00. The molecule has 0 bridgehead atoms. The average molecular weight is 408 g/mol. The molecule has 0 radical (unpaired) electrons. The van der Waals surface area contributed by atoms with Gasteiger partial charge >= 0.3 is 18.0 Å². The van der Waals surface area contributed by atoms with Crippen LogP contribution in [0.2, 0.25) is 0 Å². The Morgan fingerprint density at radius 1 is 1.32 bits per heavy atom. The Labute approximate surface area is 159 Å². The number of aromatic nitrogens is 4. The van der Waals surface area contributed by atoms with E-state index in [2.05, 4.69) is 25.3 Å². The SMILES string of the molecule is COc1nc(C)nc(NC(=O)NS(=O)(=O)c2cccnc2C2CCOC2=O)n1. The standard InChI is InChI=1S/C15H16N6O6S/c1-8-17-13(20-15(18-8)26-2)19-14(23)21-28(24,25)10-4-3-6-16-11(10)9-5-7-27-12(9)22/h3-4,6,9H,5,7H2,1-2H3,(H2,17,18,19,20,21,23). The predicted octanol–water partition coefficient (Wildman–Crippen LogP) is 0.125. The van der Waals surface area contributed by atoms with Gasteiger partial charge in [-0.05, 0) is 19.1 Å². The molecule has 0 aromatic carbocycles. The normalized spacial score (nSPS) is 16.4. The molecule has 0 spiro atoms. The molecule has 1 saturated heterocycles. The van der Waals surface area contributed by atoms with E-state index in [0.717, 1.165) is 0 Å². The number of nitrogens with zero attached hydrogens (tertiary/aromatic N) is 4. The largest absolute Gasteiger partial charge is 0.467 e. The molecule has 2 N–H and O–H groups in total. The summed E-state index contributed by atoms with van der Waals surface area (Å²) in [5, 5.41) is 2.20. The fourth-order valence-electron chi connectivity index (χ4n) is 2.54. The Morgan fingerprint density at radius 3 is 2.79 bits per heavy atom. The zero-order valence-electron chi connectivity index (χ0n) is 14.9. The summed E-state index contributed by atoms with van der Waals surface area (Å²) in [6.45, 7) is 1.72. The highest BCUT2D eigenvalue weighted by molar-refractivity contribution is 7.90. The van der Waals surface area contributed by atoms with Crippen LogP contribution < -0.4 is 14.8 Å². The van der Waals surface area contributed by atoms with Crippen LogP contribution >= 0.6 is 0 Å². The smallest absolute Gasteiger partial charge is 0.335 e. The number of anilines is 1. The fourth-order valence-corrected chi connectivity index (χ4v) is 3.68. The second-order valence-corrected chi connectivity index (χ2v) is 7.30. The third-order valence-electron chi connectivity index (χ3n) is 3.72. The maximum Gasteiger partial charge on any atom is 0.335 e. The number of amides is 2. The van der Waals surface area contributed by atoms with Crippen LogP contribution in [0, 0.1) is 6.92 Å². The monoisotopic (exact) mass is 408 g/mol. The molecular weight excluding hydrogens is 392 g/mol. The van der Waals surface area contributed by atoms with Gasteiger partial charge in [0.1, 0.15) is 16.6 Å². The molecule has 0 saturated carbocycles. The highest BCUT2D eigenvalue weighted by Gasteiger charge is 2.34. The van der Waals surface area contributed by atoms with Gasteiger partial charge < -0.3 is 9.47 Å². The summed E-state index contributed by atoms with van der Waals surface area (Å²) < 4.78 is 36.9. The average Bonchev–Trinajstić information content (AvgIpc) is 3.06. The van der Waals surface area contributed by atoms with E-state index < -0.39 is 27.9 Å². The highest BCUT2D eigenvalue weighted by atomic mass is 32.2. The van der Waals surface area contributed by atoms with Gasteiger partial charge in [-0.25, -0.2) is 17.9 Å². The number of carbonyl (C=O) groups excluding carboxylic acids is 2. The minimum absolute atomic E-state index is 0.0166. The van der Waals surface area contributed by atoms with E-state index in [1.165, 1.54) is 25.4 Å². The number of ether oxygens (including phenoxy) is 2. The van der Waals surface area contributed by atoms with E-state index in [1.807, 2.05) is 4.72 Å². The molecule has 1 aliphatic heterocycles. The van der Waals surface area contributed by atoms with E-state index in [1.54, 1.807) is 6.92 Å². The lowest BCUT2D eigenvalue weighted by Crippen LogP contribution is -2.36. The number of rotatable bonds is 5. The molecule has 0 aliphatic carbocycles. The molecule has 13 heteroatoms. The topological polar surface area (TPSA) is 162 Å². The van der Waals surface area contributed by atoms with Crippen molar-refractivity contribution in [3.8, 4) is 6.01 Å². The van der Waals surface area contributed by atoms with Crippen molar-refractivity contribution in [2.24, 2.45) is 0 Å². The van der Waals surface area contributed by atoms with E-state index in [0.29, 0.717) is 6.42 Å². The molecule has 3 rings (SSSR count). The number of methoxy groups -OCH3 is 1. The molecule has 3 heterocycles. The Hall–Kier alpha value is -3.35. The van der Waals surface area contributed by atoms with Crippen molar-refractivity contribution in [2.45, 2.75) is 24.2 Å². The van der Waals surface area contributed by atoms with Crippen molar-refractivity contribution in [2.75, 3.05) is 19.0 Å². The highest BCUT2D eigenvalue weighted by Crippen LogP contribution is 2.29. The number of urea groups is 1. The first kappa shape index (κ1) is 19.4. The number of sulfonamides is 1. The van der Waals surface area contributed by atoms with E-state index in [9.17, 15) is 18.0 Å². The van der Waals surface area contributed by atoms with Crippen molar-refractivity contribution < 1.29 is 27.5 Å². The van der Waals surface area contributed by atoms with Crippen LogP contribution in [-0.2, 0) is 19.6 Å². The van der Waals surface area contributed by atoms with Crippen molar-refractivity contribution >= 4 is 28.0 Å². The first-order valence-electron chi connectivity index (χ1n) is 8.02. The lowest BCUT2D eigenvalue weighted by Gasteiger charge is -2.13. The maximum atomic E-state index is 12.7. The van der Waals surface area contributed by atoms with Crippen LogP contribution in [0.3, 0.4) is 0 Å². The van der Waals surface area contributed by atoms with Crippen LogP contribution in [0.1, 0.15) is 23.9 Å². The van der Waals surface area contributed by atoms with Gasteiger partial charge in [0, 0.05) is 12.6 Å². The molecule has 2 aromatic rings. The number of aryl methyl sites for hydroxylation is 1. The summed E-state index contributed by atoms with van der Waals surface area (Å²) in [4.78, 5) is 39.2. The number of cyclic esters (lactones) is 1. The summed E-state index contributed by atoms with van der Waals surface area (Å²) in [6, 6.07) is 1.49. The number of esters is 1. The molecular formula is C15H16N6O6S. The van der Waals surface area contributed by atoms with Gasteiger partial charge in [0.15, 0.2) is 0 Å². The second kappa shape index (κ2) is 7.72. The molecule has 2 amide bonds. The molecule has 12 nitrogen and oxygen atoms in total. The summed E-state index contributed by atoms with van der Waals surface area (Å²) in [5.74, 6) is -1.30. The molecule has 1 fully saturated rings. The first-order chi connectivity index (χ1) is 13.3. The molecule has 1 atom stereocenters. The number of hydrogen-bond donors (Lipinski definition) is 2. The van der Waals surface area contributed by atoms with Gasteiger partial charge in [0.05, 0.1) is 19.4 Å². The van der Waals surface area contributed by atoms with Crippen molar-refractivity contribution in [3.63, 3.8) is 0 Å². The summed E-state index contributed by atoms with van der Waals surface area (Å²) in [5.41, 5.74) is 0.0166. The van der Waals surface area contributed by atoms with Crippen molar-refractivity contribution in [1.82, 2.24) is 24.7 Å². The minimum atomic E-state index is -4.33. The third kappa shape index (κ3) is 4.14. The zero-order valence-corrected chi connectivity index (χ0v) is 15.7. The van der Waals surface area contributed by atoms with Crippen LogP contribution in [0.4, 0.5) is 10.7 Å². The fraction of sp³-hybridized carbons (Fsp3) is 0.333. The van der Waals surface area contributed by atoms with Gasteiger partial charge in [-0.15, -0.1) is 0 Å². The predicted molar refractivity (Wildman–Crippen MR) is 93.0 cm³/mol. The third-order valence-corrected chi connectivity index (χ3v) is 5.09. The Balaban J connectivity index is 1.82. The maximum absolute atomic E-state index is 12.7. The van der Waals surface area contributed by atoms with Crippen LogP contribution in [0.25, 0.3) is 0 Å². The molecule has 28 heavy (non-hydrogen) atoms. The van der Waals surface area contributed by atoms with Crippen molar-refractivity contribution in [3.05, 3.63) is 29.8 Å². The van der Waals surface area contributed by atoms with Crippen molar-refractivity contribution in [1.29, 1.82) is 0 Å². The summed E-state index contributed by atoms with van der Waals surface area (Å²) >= 11 is 0. The zero-order chi connectivity index (χ0) is 20.3. The van der Waals surface area contributed by atoms with Gasteiger partial charge in [-0.2, -0.15) is 15.0 Å². The Kier molecular flexibility index (Phi) is 5.35. The lowest BCUT2D eigenvalue weighted by molar-refractivity contribution is -0.139. The van der Waals surface area contributed by atoms with Crippen LogP contribution in [0.5, 0.6) is 6.01 Å². The number of carbonyl (C=O) groups is 2. The van der Waals surface area contributed by atoms with Crippen LogP contribution in [-0.4, -0.2) is 54.1 Å². The van der Waals surface area contributed by atoms with Crippen LogP contribution in [0.15, 0.2) is 23.2 Å². The van der Waals surface area contributed by atoms with Gasteiger partial charge in [0.25, 0.3) is 10.0 Å². The molecule has 148 valence electrons. The number of nitrogens with one attached hydrogen (secondary N) is 2. The lowest BCUT2D eigenvalue weighted by atomic mass is 10.0. The quantitative estimate of drug-likeness (QED) is 0.650. The number of pyridine rings is 1. The molecule has 2 aromatic heterocycles. The summed E-state index contributed by atoms with van der Waals surface area (Å²) in [6.07, 6.45) is 1.66. The first-order valence-corrected chi connectivity index (χ1v) is 9.50. The van der Waals surface area contributed by atoms with Gasteiger partial charge in [0.2, 0.25) is 5.95 Å². The van der Waals surface area contributed by atoms with Gasteiger partial charge in [-0.1, -0.05) is 0 Å². The van der Waals surface area contributed by atoms with E-state index in [-0.39, 0.29) is 35.0 Å². The molecule has 1 unspecified atom stereocenters. The van der Waals surface area contributed by atoms with Gasteiger partial charge in [-0.3, -0.25) is 15.1 Å². The molecule has 1 aliphatic rings. The Morgan fingerprint density at radius 2 is 2.11 bits per heavy atom. The minimum Gasteiger partial charge on any atom is -0.467 e. The van der Waals surface area contributed by atoms with E-state index in [4.69, 9.17) is 9.47 Å². The number of hydrogen-bond acceptors (Lipinski definition) is 10.